The first-order valence-electron chi connectivity index (χ1n) is 10.1. The molecule has 2 heterocycles. The number of amides is 1. The molecule has 9 heteroatoms. The van der Waals surface area contributed by atoms with E-state index in [2.05, 4.69) is 5.32 Å². The average molecular weight is 436 g/mol. The van der Waals surface area contributed by atoms with Crippen LogP contribution >= 0.6 is 0 Å². The lowest BCUT2D eigenvalue weighted by Gasteiger charge is -2.41. The number of aliphatic hydroxyl groups is 1. The van der Waals surface area contributed by atoms with Crippen LogP contribution in [0.5, 0.6) is 0 Å². The minimum atomic E-state index is -2.54. The summed E-state index contributed by atoms with van der Waals surface area (Å²) in [6.45, 7) is 0. The maximum absolute atomic E-state index is 14.4. The number of ether oxygens (including phenoxy) is 1. The molecule has 0 saturated carbocycles. The molecule has 2 aromatic carbocycles. The van der Waals surface area contributed by atoms with E-state index in [1.807, 2.05) is 12.1 Å². The van der Waals surface area contributed by atoms with Crippen LogP contribution in [0.15, 0.2) is 59.8 Å². The summed E-state index contributed by atoms with van der Waals surface area (Å²) in [5.41, 5.74) is -3.61. The predicted octanol–water partition coefficient (Wildman–Crippen LogP) is 0.470. The molecule has 5 atom stereocenters. The summed E-state index contributed by atoms with van der Waals surface area (Å²) in [6.07, 6.45) is 0. The van der Waals surface area contributed by atoms with Crippen molar-refractivity contribution >= 4 is 17.5 Å². The van der Waals surface area contributed by atoms with E-state index >= 15 is 0 Å². The average Bonchev–Trinajstić information content (AvgIpc) is 3.41. The minimum absolute atomic E-state index is 0.0281. The van der Waals surface area contributed by atoms with Crippen LogP contribution in [0.2, 0.25) is 0 Å². The van der Waals surface area contributed by atoms with Crippen LogP contribution in [0.4, 0.5) is 0 Å². The molecule has 2 saturated heterocycles. The SMILES string of the molecule is N#CC1=C(N)[C@]2(C#N)C(=O)N[C@]34O[C@@]5(O)c6ccccc6C(=O)[C@]15[C@@]23C(=O)c1ccccc14. The van der Waals surface area contributed by atoms with Crippen molar-refractivity contribution in [3.63, 3.8) is 0 Å². The maximum atomic E-state index is 14.4. The topological polar surface area (TPSA) is 166 Å². The number of carbonyl (C=O) groups excluding carboxylic acids is 3. The highest BCUT2D eigenvalue weighted by Crippen LogP contribution is 2.87. The molecule has 2 fully saturated rings. The van der Waals surface area contributed by atoms with Gasteiger partial charge < -0.3 is 20.9 Å². The molecule has 4 N–H and O–H groups in total. The Bertz CT molecular complexity index is 1560. The van der Waals surface area contributed by atoms with Gasteiger partial charge in [0.1, 0.15) is 10.8 Å². The van der Waals surface area contributed by atoms with Crippen LogP contribution in [0.3, 0.4) is 0 Å². The lowest BCUT2D eigenvalue weighted by atomic mass is 9.50. The van der Waals surface area contributed by atoms with Crippen LogP contribution in [-0.4, -0.2) is 22.6 Å². The Labute approximate surface area is 185 Å². The fourth-order valence-electron chi connectivity index (χ4n) is 7.28. The number of Topliss-reactive ketones (excluding diaryl/α,β-unsaturated/α-hetero) is 2. The van der Waals surface area contributed by atoms with Gasteiger partial charge in [0, 0.05) is 22.3 Å². The zero-order valence-corrected chi connectivity index (χ0v) is 16.7. The van der Waals surface area contributed by atoms with E-state index in [4.69, 9.17) is 10.5 Å². The summed E-state index contributed by atoms with van der Waals surface area (Å²) in [5, 5.41) is 35.5. The fraction of sp³-hybridized carbons (Fsp3) is 0.208. The number of hydrogen-bond donors (Lipinski definition) is 3. The van der Waals surface area contributed by atoms with Gasteiger partial charge in [0.15, 0.2) is 22.7 Å². The van der Waals surface area contributed by atoms with E-state index in [0.717, 1.165) is 0 Å². The summed E-state index contributed by atoms with van der Waals surface area (Å²) >= 11 is 0. The molecule has 9 nitrogen and oxygen atoms in total. The minimum Gasteiger partial charge on any atom is -0.399 e. The highest BCUT2D eigenvalue weighted by Gasteiger charge is 3.02. The molecule has 2 spiro atoms. The van der Waals surface area contributed by atoms with E-state index < -0.39 is 56.5 Å². The van der Waals surface area contributed by atoms with Crippen molar-refractivity contribution in [2.75, 3.05) is 0 Å². The zero-order chi connectivity index (χ0) is 23.2. The highest BCUT2D eigenvalue weighted by atomic mass is 16.7. The summed E-state index contributed by atoms with van der Waals surface area (Å²) in [4.78, 5) is 42.1. The number of rotatable bonds is 0. The van der Waals surface area contributed by atoms with E-state index in [1.54, 1.807) is 24.3 Å². The standard InChI is InChI=1S/C24H12N4O5/c25-9-15-16(27)20(10-26)19(31)28-23-13-7-3-1-5-11(13)18(30)22(20,23)21(15)17(29)12-6-2-4-8-14(12)24(21,32)33-23/h1-8,32H,27H2,(H,28,31)/t20-,21+,22-,23-,24+/m1/s1. The highest BCUT2D eigenvalue weighted by molar-refractivity contribution is 6.24. The summed E-state index contributed by atoms with van der Waals surface area (Å²) in [5.74, 6) is -5.05. The van der Waals surface area contributed by atoms with Gasteiger partial charge in [0.2, 0.25) is 11.7 Å². The first kappa shape index (κ1) is 18.3. The number of nitrogens with zero attached hydrogens (tertiary/aromatic N) is 2. The van der Waals surface area contributed by atoms with Crippen LogP contribution < -0.4 is 11.1 Å². The molecule has 2 aromatic rings. The second-order valence-electron chi connectivity index (χ2n) is 8.89. The van der Waals surface area contributed by atoms with Crippen LogP contribution in [0.1, 0.15) is 31.8 Å². The Balaban J connectivity index is 1.79. The van der Waals surface area contributed by atoms with Crippen molar-refractivity contribution in [3.05, 3.63) is 82.1 Å². The number of nitrogens with two attached hydrogens (primary N) is 1. The number of benzene rings is 2. The lowest BCUT2D eigenvalue weighted by Crippen LogP contribution is -2.60. The van der Waals surface area contributed by atoms with Crippen molar-refractivity contribution < 1.29 is 24.2 Å². The largest absolute Gasteiger partial charge is 0.399 e. The van der Waals surface area contributed by atoms with Gasteiger partial charge in [-0.2, -0.15) is 10.5 Å². The molecule has 7 rings (SSSR count). The third-order valence-corrected chi connectivity index (χ3v) is 8.19. The van der Waals surface area contributed by atoms with Gasteiger partial charge in [-0.3, -0.25) is 14.4 Å². The van der Waals surface area contributed by atoms with Gasteiger partial charge in [-0.25, -0.2) is 0 Å². The molecule has 158 valence electrons. The first-order valence-corrected chi connectivity index (χ1v) is 10.1. The molecular weight excluding hydrogens is 424 g/mol. The second-order valence-corrected chi connectivity index (χ2v) is 8.89. The molecule has 3 aliphatic carbocycles. The Kier molecular flexibility index (Phi) is 2.61. The normalized spacial score (nSPS) is 40.5. The van der Waals surface area contributed by atoms with E-state index in [0.29, 0.717) is 0 Å². The van der Waals surface area contributed by atoms with Gasteiger partial charge in [-0.15, -0.1) is 0 Å². The monoisotopic (exact) mass is 436 g/mol. The molecule has 0 aromatic heterocycles. The van der Waals surface area contributed by atoms with Gasteiger partial charge in [-0.1, -0.05) is 48.5 Å². The van der Waals surface area contributed by atoms with Crippen molar-refractivity contribution in [3.8, 4) is 12.1 Å². The van der Waals surface area contributed by atoms with Crippen molar-refractivity contribution in [1.29, 1.82) is 10.5 Å². The number of nitrogens with one attached hydrogen (secondary N) is 1. The molecular formula is C24H12N4O5. The predicted molar refractivity (Wildman–Crippen MR) is 106 cm³/mol. The Morgan fingerprint density at radius 1 is 0.939 bits per heavy atom. The van der Waals surface area contributed by atoms with E-state index in [-0.39, 0.29) is 22.3 Å². The van der Waals surface area contributed by atoms with Gasteiger partial charge >= 0.3 is 0 Å². The molecule has 0 radical (unpaired) electrons. The zero-order valence-electron chi connectivity index (χ0n) is 16.7. The molecule has 33 heavy (non-hydrogen) atoms. The fourth-order valence-corrected chi connectivity index (χ4v) is 7.28. The van der Waals surface area contributed by atoms with E-state index in [1.165, 1.54) is 24.3 Å². The quantitative estimate of drug-likeness (QED) is 0.536. The Morgan fingerprint density at radius 3 is 2.18 bits per heavy atom. The smallest absolute Gasteiger partial charge is 0.250 e. The molecule has 0 unspecified atom stereocenters. The maximum Gasteiger partial charge on any atom is 0.250 e. The lowest BCUT2D eigenvalue weighted by molar-refractivity contribution is -0.259. The van der Waals surface area contributed by atoms with Gasteiger partial charge in [0.05, 0.1) is 23.4 Å². The third kappa shape index (κ3) is 1.19. The first-order chi connectivity index (χ1) is 15.8. The number of ketones is 2. The summed E-state index contributed by atoms with van der Waals surface area (Å²) in [6, 6.07) is 16.0. The Morgan fingerprint density at radius 2 is 1.55 bits per heavy atom. The summed E-state index contributed by atoms with van der Waals surface area (Å²) < 4.78 is 6.29. The number of nitriles is 2. The number of carbonyl (C=O) groups is 3. The van der Waals surface area contributed by atoms with Crippen molar-refractivity contribution in [1.82, 2.24) is 5.32 Å². The molecule has 0 bridgehead atoms. The van der Waals surface area contributed by atoms with Crippen molar-refractivity contribution in [2.24, 2.45) is 22.0 Å². The van der Waals surface area contributed by atoms with Gasteiger partial charge in [-0.05, 0) is 0 Å². The number of hydrogen-bond acceptors (Lipinski definition) is 8. The number of fused-ring (bicyclic) bond motifs is 3. The van der Waals surface area contributed by atoms with Gasteiger partial charge in [0.25, 0.3) is 0 Å². The molecule has 5 aliphatic rings. The Hall–Kier alpha value is -4.31. The molecule has 1 amide bonds. The van der Waals surface area contributed by atoms with Crippen molar-refractivity contribution in [2.45, 2.75) is 11.5 Å². The summed E-state index contributed by atoms with van der Waals surface area (Å²) in [7, 11) is 0. The second kappa shape index (κ2) is 4.71. The van der Waals surface area contributed by atoms with E-state index in [9.17, 15) is 30.0 Å². The van der Waals surface area contributed by atoms with Crippen LogP contribution in [0.25, 0.3) is 0 Å². The van der Waals surface area contributed by atoms with Crippen LogP contribution in [0, 0.1) is 38.9 Å². The molecule has 2 aliphatic heterocycles. The third-order valence-electron chi connectivity index (χ3n) is 8.19. The van der Waals surface area contributed by atoms with Crippen LogP contribution in [-0.2, 0) is 21.0 Å².